The molecule has 0 spiro atoms. The molecule has 1 aromatic carbocycles. The van der Waals surface area contributed by atoms with Crippen LogP contribution in [-0.2, 0) is 5.41 Å². The highest BCUT2D eigenvalue weighted by molar-refractivity contribution is 5.35. The number of methoxy groups -OCH3 is 1. The standard InChI is InChI=1S/C17H25NO/c1-16(2,3)18-13-17(11-5-6-12-17)14-7-9-15(19-4)10-8-14/h5-10,18H,11-13H2,1-4H3. The molecular formula is C17H25NO. The molecule has 0 aromatic heterocycles. The summed E-state index contributed by atoms with van der Waals surface area (Å²) in [6.45, 7) is 7.67. The Morgan fingerprint density at radius 1 is 1.11 bits per heavy atom. The third-order valence-electron chi connectivity index (χ3n) is 3.84. The lowest BCUT2D eigenvalue weighted by Crippen LogP contribution is -2.45. The molecule has 1 aromatic rings. The van der Waals surface area contributed by atoms with Crippen molar-refractivity contribution in [3.63, 3.8) is 0 Å². The van der Waals surface area contributed by atoms with Crippen molar-refractivity contribution >= 4 is 0 Å². The summed E-state index contributed by atoms with van der Waals surface area (Å²) in [4.78, 5) is 0. The first kappa shape index (κ1) is 14.1. The first-order chi connectivity index (χ1) is 8.95. The quantitative estimate of drug-likeness (QED) is 0.833. The van der Waals surface area contributed by atoms with Crippen LogP contribution in [0.15, 0.2) is 36.4 Å². The van der Waals surface area contributed by atoms with Crippen LogP contribution in [-0.4, -0.2) is 19.2 Å². The van der Waals surface area contributed by atoms with Crippen LogP contribution in [0.25, 0.3) is 0 Å². The maximum Gasteiger partial charge on any atom is 0.118 e. The van der Waals surface area contributed by atoms with Crippen molar-refractivity contribution in [2.75, 3.05) is 13.7 Å². The van der Waals surface area contributed by atoms with Gasteiger partial charge in [-0.2, -0.15) is 0 Å². The zero-order chi connectivity index (χ0) is 13.9. The summed E-state index contributed by atoms with van der Waals surface area (Å²) in [6, 6.07) is 8.53. The van der Waals surface area contributed by atoms with Gasteiger partial charge in [-0.05, 0) is 51.3 Å². The fraction of sp³-hybridized carbons (Fsp3) is 0.529. The Morgan fingerprint density at radius 3 is 2.16 bits per heavy atom. The Bertz CT molecular complexity index is 431. The highest BCUT2D eigenvalue weighted by Gasteiger charge is 2.33. The van der Waals surface area contributed by atoms with Crippen molar-refractivity contribution < 1.29 is 4.74 Å². The van der Waals surface area contributed by atoms with Gasteiger partial charge in [-0.25, -0.2) is 0 Å². The van der Waals surface area contributed by atoms with Crippen LogP contribution < -0.4 is 10.1 Å². The summed E-state index contributed by atoms with van der Waals surface area (Å²) in [5.74, 6) is 0.925. The summed E-state index contributed by atoms with van der Waals surface area (Å²) in [6.07, 6.45) is 6.83. The molecule has 1 N–H and O–H groups in total. The van der Waals surface area contributed by atoms with Crippen LogP contribution in [0.5, 0.6) is 5.75 Å². The van der Waals surface area contributed by atoms with E-state index in [1.807, 2.05) is 0 Å². The van der Waals surface area contributed by atoms with Crippen molar-refractivity contribution in [2.45, 2.75) is 44.6 Å². The van der Waals surface area contributed by atoms with E-state index in [0.717, 1.165) is 25.1 Å². The van der Waals surface area contributed by atoms with Gasteiger partial charge < -0.3 is 10.1 Å². The molecule has 0 fully saturated rings. The van der Waals surface area contributed by atoms with Gasteiger partial charge in [-0.15, -0.1) is 0 Å². The number of ether oxygens (including phenoxy) is 1. The maximum absolute atomic E-state index is 5.25. The zero-order valence-corrected chi connectivity index (χ0v) is 12.5. The molecule has 0 saturated carbocycles. The first-order valence-corrected chi connectivity index (χ1v) is 7.00. The highest BCUT2D eigenvalue weighted by Crippen LogP contribution is 2.37. The van der Waals surface area contributed by atoms with Crippen molar-refractivity contribution in [2.24, 2.45) is 0 Å². The van der Waals surface area contributed by atoms with Gasteiger partial charge in [0, 0.05) is 17.5 Å². The molecule has 0 unspecified atom stereocenters. The van der Waals surface area contributed by atoms with Crippen LogP contribution in [0.1, 0.15) is 39.2 Å². The maximum atomic E-state index is 5.25. The molecule has 19 heavy (non-hydrogen) atoms. The minimum atomic E-state index is 0.155. The normalized spacial score (nSPS) is 17.7. The summed E-state index contributed by atoms with van der Waals surface area (Å²) in [5, 5.41) is 3.66. The molecule has 0 aliphatic heterocycles. The van der Waals surface area contributed by atoms with Gasteiger partial charge in [-0.1, -0.05) is 24.3 Å². The molecule has 1 aliphatic carbocycles. The van der Waals surface area contributed by atoms with Crippen molar-refractivity contribution in [1.82, 2.24) is 5.32 Å². The van der Waals surface area contributed by atoms with E-state index in [9.17, 15) is 0 Å². The number of hydrogen-bond acceptors (Lipinski definition) is 2. The third kappa shape index (κ3) is 3.38. The van der Waals surface area contributed by atoms with Gasteiger partial charge in [0.25, 0.3) is 0 Å². The number of rotatable bonds is 4. The molecule has 2 rings (SSSR count). The fourth-order valence-electron chi connectivity index (χ4n) is 2.56. The predicted molar refractivity (Wildman–Crippen MR) is 80.8 cm³/mol. The van der Waals surface area contributed by atoms with Gasteiger partial charge in [0.15, 0.2) is 0 Å². The van der Waals surface area contributed by atoms with Crippen LogP contribution in [0.4, 0.5) is 0 Å². The number of allylic oxidation sites excluding steroid dienone is 2. The molecule has 2 nitrogen and oxygen atoms in total. The Morgan fingerprint density at radius 2 is 1.68 bits per heavy atom. The second-order valence-electron chi connectivity index (χ2n) is 6.49. The molecule has 0 atom stereocenters. The summed E-state index contributed by atoms with van der Waals surface area (Å²) < 4.78 is 5.25. The van der Waals surface area contributed by atoms with E-state index in [0.29, 0.717) is 0 Å². The Labute approximate surface area is 116 Å². The number of nitrogens with one attached hydrogen (secondary N) is 1. The lowest BCUT2D eigenvalue weighted by Gasteiger charge is -2.34. The molecule has 1 aliphatic rings. The molecule has 0 bridgehead atoms. The lowest BCUT2D eigenvalue weighted by atomic mass is 9.77. The summed E-state index contributed by atoms with van der Waals surface area (Å²) in [5.41, 5.74) is 1.76. The van der Waals surface area contributed by atoms with Gasteiger partial charge in [0.05, 0.1) is 7.11 Å². The largest absolute Gasteiger partial charge is 0.497 e. The Hall–Kier alpha value is -1.28. The van der Waals surface area contributed by atoms with E-state index in [4.69, 9.17) is 4.74 Å². The summed E-state index contributed by atoms with van der Waals surface area (Å²) >= 11 is 0. The van der Waals surface area contributed by atoms with Gasteiger partial charge in [-0.3, -0.25) is 0 Å². The average Bonchev–Trinajstić information content (AvgIpc) is 2.86. The summed E-state index contributed by atoms with van der Waals surface area (Å²) in [7, 11) is 1.71. The topological polar surface area (TPSA) is 21.3 Å². The molecule has 2 heteroatoms. The second-order valence-corrected chi connectivity index (χ2v) is 6.49. The second kappa shape index (κ2) is 5.38. The zero-order valence-electron chi connectivity index (χ0n) is 12.5. The molecule has 0 radical (unpaired) electrons. The minimum Gasteiger partial charge on any atom is -0.497 e. The third-order valence-corrected chi connectivity index (χ3v) is 3.84. The van der Waals surface area contributed by atoms with Crippen LogP contribution in [0, 0.1) is 0 Å². The number of hydrogen-bond donors (Lipinski definition) is 1. The monoisotopic (exact) mass is 259 g/mol. The molecule has 0 heterocycles. The van der Waals surface area contributed by atoms with Crippen LogP contribution in [0.3, 0.4) is 0 Å². The molecular weight excluding hydrogens is 234 g/mol. The smallest absolute Gasteiger partial charge is 0.118 e. The minimum absolute atomic E-state index is 0.155. The Balaban J connectivity index is 2.18. The SMILES string of the molecule is COc1ccc(C2(CNC(C)(C)C)CC=CC2)cc1. The van der Waals surface area contributed by atoms with Gasteiger partial charge in [0.2, 0.25) is 0 Å². The van der Waals surface area contributed by atoms with E-state index >= 15 is 0 Å². The van der Waals surface area contributed by atoms with Crippen molar-refractivity contribution in [3.05, 3.63) is 42.0 Å². The van der Waals surface area contributed by atoms with Crippen LogP contribution in [0.2, 0.25) is 0 Å². The van der Waals surface area contributed by atoms with Crippen LogP contribution >= 0.6 is 0 Å². The van der Waals surface area contributed by atoms with Gasteiger partial charge >= 0.3 is 0 Å². The number of benzene rings is 1. The van der Waals surface area contributed by atoms with E-state index in [1.165, 1.54) is 5.56 Å². The molecule has 0 amide bonds. The van der Waals surface area contributed by atoms with Crippen molar-refractivity contribution in [1.29, 1.82) is 0 Å². The first-order valence-electron chi connectivity index (χ1n) is 7.00. The molecule has 0 saturated heterocycles. The fourth-order valence-corrected chi connectivity index (χ4v) is 2.56. The van der Waals surface area contributed by atoms with E-state index in [2.05, 4.69) is 62.5 Å². The lowest BCUT2D eigenvalue weighted by molar-refractivity contribution is 0.339. The van der Waals surface area contributed by atoms with Gasteiger partial charge in [0.1, 0.15) is 5.75 Å². The predicted octanol–water partition coefficient (Wildman–Crippen LogP) is 3.67. The van der Waals surface area contributed by atoms with Crippen molar-refractivity contribution in [3.8, 4) is 5.75 Å². The van der Waals surface area contributed by atoms with E-state index < -0.39 is 0 Å². The molecule has 104 valence electrons. The van der Waals surface area contributed by atoms with E-state index in [1.54, 1.807) is 7.11 Å². The average molecular weight is 259 g/mol. The Kier molecular flexibility index (Phi) is 4.00. The highest BCUT2D eigenvalue weighted by atomic mass is 16.5. The van der Waals surface area contributed by atoms with E-state index in [-0.39, 0.29) is 11.0 Å².